The molecule has 3 aromatic carbocycles. The van der Waals surface area contributed by atoms with Gasteiger partial charge in [0.15, 0.2) is 0 Å². The van der Waals surface area contributed by atoms with Crippen LogP contribution < -0.4 is 19.7 Å². The van der Waals surface area contributed by atoms with E-state index in [1.54, 1.807) is 36.4 Å². The third-order valence-electron chi connectivity index (χ3n) is 6.40. The van der Waals surface area contributed by atoms with Crippen molar-refractivity contribution >= 4 is 11.6 Å². The lowest BCUT2D eigenvalue weighted by Crippen LogP contribution is -2.46. The summed E-state index contributed by atoms with van der Waals surface area (Å²) in [5, 5.41) is 1.84. The minimum Gasteiger partial charge on any atom is -0.494 e. The Morgan fingerprint density at radius 2 is 1.54 bits per heavy atom. The highest BCUT2D eigenvalue weighted by Crippen LogP contribution is 2.32. The molecule has 0 spiro atoms. The number of hydrogen-bond donors (Lipinski definition) is 1. The van der Waals surface area contributed by atoms with E-state index in [9.17, 15) is 31.1 Å². The first-order valence-electron chi connectivity index (χ1n) is 12.9. The fourth-order valence-electron chi connectivity index (χ4n) is 4.57. The van der Waals surface area contributed by atoms with Crippen LogP contribution in [0.4, 0.5) is 32.0 Å². The number of piperazine rings is 1. The molecule has 41 heavy (non-hydrogen) atoms. The van der Waals surface area contributed by atoms with Crippen molar-refractivity contribution in [3.8, 4) is 22.6 Å². The van der Waals surface area contributed by atoms with Crippen LogP contribution in [0.25, 0.3) is 11.1 Å². The van der Waals surface area contributed by atoms with Gasteiger partial charge in [0.25, 0.3) is 5.91 Å². The number of nitrogens with zero attached hydrogens (tertiary/aromatic N) is 2. The number of nitrogens with one attached hydrogen (secondary N) is 1. The van der Waals surface area contributed by atoms with Crippen LogP contribution in [0.3, 0.4) is 0 Å². The molecule has 0 aliphatic carbocycles. The van der Waals surface area contributed by atoms with Gasteiger partial charge in [-0.1, -0.05) is 12.1 Å². The second-order valence-electron chi connectivity index (χ2n) is 9.48. The smallest absolute Gasteiger partial charge is 0.494 e. The highest BCUT2D eigenvalue weighted by Gasteiger charge is 2.31. The molecule has 0 bridgehead atoms. The lowest BCUT2D eigenvalue weighted by molar-refractivity contribution is -0.274. The number of carbonyl (C=O) groups excluding carboxylic acids is 1. The standard InChI is InChI=1S/C29H29F6N3O3/c1-2-40-25-5-3-4-22(16-25)23-14-20(15-26(17-23)41-29(33,34)35)18-37-10-12-38(13-11-37)24-8-6-21(7-9-24)27(39)36-19-28(30,31)32/h3-9,14-17H,2,10-13,18-19H2,1H3,(H,36,39). The lowest BCUT2D eigenvalue weighted by Gasteiger charge is -2.36. The van der Waals surface area contributed by atoms with Crippen LogP contribution >= 0.6 is 0 Å². The quantitative estimate of drug-likeness (QED) is 0.302. The van der Waals surface area contributed by atoms with Gasteiger partial charge in [-0.15, -0.1) is 13.2 Å². The average molecular weight is 582 g/mol. The molecular formula is C29H29F6N3O3. The molecule has 12 heteroatoms. The molecule has 220 valence electrons. The summed E-state index contributed by atoms with van der Waals surface area (Å²) in [6.45, 7) is 3.77. The Bertz CT molecular complexity index is 1320. The lowest BCUT2D eigenvalue weighted by atomic mass is 10.0. The topological polar surface area (TPSA) is 54.0 Å². The van der Waals surface area contributed by atoms with Gasteiger partial charge < -0.3 is 19.7 Å². The first kappa shape index (κ1) is 30.0. The molecule has 1 fully saturated rings. The summed E-state index contributed by atoms with van der Waals surface area (Å²) in [5.41, 5.74) is 2.87. The first-order valence-corrected chi connectivity index (χ1v) is 12.9. The van der Waals surface area contributed by atoms with Crippen LogP contribution in [0.1, 0.15) is 22.8 Å². The summed E-state index contributed by atoms with van der Waals surface area (Å²) >= 11 is 0. The molecule has 0 saturated carbocycles. The summed E-state index contributed by atoms with van der Waals surface area (Å²) in [4.78, 5) is 16.1. The number of amides is 1. The van der Waals surface area contributed by atoms with Crippen molar-refractivity contribution in [3.05, 3.63) is 77.9 Å². The van der Waals surface area contributed by atoms with Gasteiger partial charge in [0, 0.05) is 44.0 Å². The van der Waals surface area contributed by atoms with E-state index in [1.165, 1.54) is 24.3 Å². The molecule has 1 heterocycles. The maximum absolute atomic E-state index is 13.1. The monoisotopic (exact) mass is 581 g/mol. The van der Waals surface area contributed by atoms with Crippen LogP contribution in [0.15, 0.2) is 66.7 Å². The number of rotatable bonds is 9. The van der Waals surface area contributed by atoms with E-state index in [4.69, 9.17) is 4.74 Å². The minimum absolute atomic E-state index is 0.125. The summed E-state index contributed by atoms with van der Waals surface area (Å²) in [5.74, 6) is -0.496. The highest BCUT2D eigenvalue weighted by atomic mass is 19.4. The molecule has 0 aromatic heterocycles. The zero-order valence-electron chi connectivity index (χ0n) is 22.2. The number of alkyl halides is 6. The van der Waals surface area contributed by atoms with Gasteiger partial charge in [0.2, 0.25) is 0 Å². The Labute approximate surface area is 233 Å². The third kappa shape index (κ3) is 9.04. The van der Waals surface area contributed by atoms with Crippen LogP contribution in [-0.2, 0) is 6.54 Å². The molecule has 4 rings (SSSR count). The molecule has 0 atom stereocenters. The summed E-state index contributed by atoms with van der Waals surface area (Å²) in [6, 6.07) is 18.0. The van der Waals surface area contributed by atoms with Gasteiger partial charge >= 0.3 is 12.5 Å². The van der Waals surface area contributed by atoms with Crippen molar-refractivity contribution in [2.75, 3.05) is 44.2 Å². The van der Waals surface area contributed by atoms with Gasteiger partial charge in [0.1, 0.15) is 18.0 Å². The summed E-state index contributed by atoms with van der Waals surface area (Å²) in [7, 11) is 0. The predicted molar refractivity (Wildman–Crippen MR) is 142 cm³/mol. The number of carbonyl (C=O) groups is 1. The predicted octanol–water partition coefficient (Wildman–Crippen LogP) is 6.27. The van der Waals surface area contributed by atoms with Crippen molar-refractivity contribution in [3.63, 3.8) is 0 Å². The molecule has 0 radical (unpaired) electrons. The Kier molecular flexibility index (Phi) is 9.31. The SMILES string of the molecule is CCOc1cccc(-c2cc(CN3CCN(c4ccc(C(=O)NCC(F)(F)F)cc4)CC3)cc(OC(F)(F)F)c2)c1. The maximum Gasteiger partial charge on any atom is 0.573 e. The molecule has 0 unspecified atom stereocenters. The molecule has 1 N–H and O–H groups in total. The largest absolute Gasteiger partial charge is 0.573 e. The zero-order valence-corrected chi connectivity index (χ0v) is 22.2. The van der Waals surface area contributed by atoms with Crippen LogP contribution in [0.5, 0.6) is 11.5 Å². The summed E-state index contributed by atoms with van der Waals surface area (Å²) < 4.78 is 86.0. The molecule has 1 saturated heterocycles. The normalized spacial score (nSPS) is 14.6. The van der Waals surface area contributed by atoms with E-state index in [-0.39, 0.29) is 11.3 Å². The Morgan fingerprint density at radius 1 is 0.854 bits per heavy atom. The molecule has 1 aliphatic rings. The van der Waals surface area contributed by atoms with Crippen LogP contribution in [-0.4, -0.2) is 62.7 Å². The van der Waals surface area contributed by atoms with E-state index < -0.39 is 25.0 Å². The van der Waals surface area contributed by atoms with Crippen molar-refractivity contribution in [1.82, 2.24) is 10.2 Å². The van der Waals surface area contributed by atoms with Crippen molar-refractivity contribution in [2.45, 2.75) is 26.0 Å². The van der Waals surface area contributed by atoms with Gasteiger partial charge in [-0.2, -0.15) is 13.2 Å². The molecule has 1 amide bonds. The minimum atomic E-state index is -4.83. The van der Waals surface area contributed by atoms with Crippen LogP contribution in [0, 0.1) is 0 Å². The van der Waals surface area contributed by atoms with E-state index in [0.29, 0.717) is 61.8 Å². The number of benzene rings is 3. The van der Waals surface area contributed by atoms with Gasteiger partial charge in [-0.3, -0.25) is 9.69 Å². The summed E-state index contributed by atoms with van der Waals surface area (Å²) in [6.07, 6.45) is -9.32. The van der Waals surface area contributed by atoms with Gasteiger partial charge in [0.05, 0.1) is 6.61 Å². The van der Waals surface area contributed by atoms with Crippen molar-refractivity contribution in [1.29, 1.82) is 0 Å². The second-order valence-corrected chi connectivity index (χ2v) is 9.48. The molecular weight excluding hydrogens is 552 g/mol. The van der Waals surface area contributed by atoms with Crippen molar-refractivity contribution < 1.29 is 40.6 Å². The van der Waals surface area contributed by atoms with Gasteiger partial charge in [-0.05, 0) is 78.2 Å². The molecule has 6 nitrogen and oxygen atoms in total. The maximum atomic E-state index is 13.1. The number of anilines is 1. The Morgan fingerprint density at radius 3 is 2.17 bits per heavy atom. The van der Waals surface area contributed by atoms with Crippen LogP contribution in [0.2, 0.25) is 0 Å². The Balaban J connectivity index is 1.41. The number of hydrogen-bond acceptors (Lipinski definition) is 5. The third-order valence-corrected chi connectivity index (χ3v) is 6.40. The average Bonchev–Trinajstić information content (AvgIpc) is 2.91. The number of halogens is 6. The van der Waals surface area contributed by atoms with Crippen molar-refractivity contribution in [2.24, 2.45) is 0 Å². The first-order chi connectivity index (χ1) is 19.4. The van der Waals surface area contributed by atoms with E-state index in [2.05, 4.69) is 14.5 Å². The molecule has 3 aromatic rings. The van der Waals surface area contributed by atoms with Gasteiger partial charge in [-0.25, -0.2) is 0 Å². The fourth-order valence-corrected chi connectivity index (χ4v) is 4.57. The Hall–Kier alpha value is -3.93. The van der Waals surface area contributed by atoms with E-state index in [0.717, 1.165) is 5.69 Å². The fraction of sp³-hybridized carbons (Fsp3) is 0.345. The van der Waals surface area contributed by atoms with E-state index >= 15 is 0 Å². The zero-order chi connectivity index (χ0) is 29.6. The number of ether oxygens (including phenoxy) is 2. The van der Waals surface area contributed by atoms with E-state index in [1.807, 2.05) is 18.3 Å². The highest BCUT2D eigenvalue weighted by molar-refractivity contribution is 5.94. The molecule has 1 aliphatic heterocycles. The second kappa shape index (κ2) is 12.7.